The van der Waals surface area contributed by atoms with Crippen molar-refractivity contribution in [3.8, 4) is 0 Å². The van der Waals surface area contributed by atoms with Crippen LogP contribution in [-0.4, -0.2) is 10.1 Å². The molecule has 2 aromatic rings. The van der Waals surface area contributed by atoms with Crippen LogP contribution in [0.15, 0.2) is 12.3 Å². The summed E-state index contributed by atoms with van der Waals surface area (Å²) in [5.41, 5.74) is 2.94. The molecule has 0 aromatic carbocycles. The lowest BCUT2D eigenvalue weighted by Gasteiger charge is -2.32. The summed E-state index contributed by atoms with van der Waals surface area (Å²) in [4.78, 5) is 5.95. The average Bonchev–Trinajstić information content (AvgIpc) is 2.75. The maximum Gasteiger partial charge on any atom is 0.0911 e. The Kier molecular flexibility index (Phi) is 3.59. The van der Waals surface area contributed by atoms with Crippen molar-refractivity contribution < 1.29 is 5.11 Å². The van der Waals surface area contributed by atoms with Crippen LogP contribution in [0.2, 0.25) is 0 Å². The predicted octanol–water partition coefficient (Wildman–Crippen LogP) is 4.88. The lowest BCUT2D eigenvalue weighted by atomic mass is 9.80. The van der Waals surface area contributed by atoms with Gasteiger partial charge in [0.1, 0.15) is 0 Å². The minimum absolute atomic E-state index is 0.479. The van der Waals surface area contributed by atoms with Crippen molar-refractivity contribution in [1.29, 1.82) is 0 Å². The van der Waals surface area contributed by atoms with Gasteiger partial charge in [-0.3, -0.25) is 4.98 Å². The molecule has 0 unspecified atom stereocenters. The molecule has 2 heterocycles. The van der Waals surface area contributed by atoms with Crippen LogP contribution in [0, 0.1) is 6.92 Å². The molecule has 1 fully saturated rings. The first-order valence-electron chi connectivity index (χ1n) is 7.64. The largest absolute Gasteiger partial charge is 0.385 e. The third kappa shape index (κ3) is 2.17. The van der Waals surface area contributed by atoms with Gasteiger partial charge in [0.25, 0.3) is 0 Å². The van der Waals surface area contributed by atoms with Crippen LogP contribution < -0.4 is 0 Å². The minimum Gasteiger partial charge on any atom is -0.385 e. The zero-order valence-electron chi connectivity index (χ0n) is 12.6. The number of hydrogen-bond donors (Lipinski definition) is 1. The van der Waals surface area contributed by atoms with Gasteiger partial charge in [0.05, 0.1) is 15.8 Å². The van der Waals surface area contributed by atoms with Crippen LogP contribution in [0.1, 0.15) is 67.9 Å². The number of hydrogen-bond acceptors (Lipinski definition) is 3. The normalized spacial score (nSPS) is 18.9. The fraction of sp³-hybridized carbons (Fsp3) is 0.588. The quantitative estimate of drug-likeness (QED) is 0.854. The Hall–Kier alpha value is -0.930. The molecule has 0 amide bonds. The van der Waals surface area contributed by atoms with Crippen molar-refractivity contribution >= 4 is 21.6 Å². The minimum atomic E-state index is -0.634. The molecule has 108 valence electrons. The van der Waals surface area contributed by atoms with Crippen molar-refractivity contribution in [1.82, 2.24) is 4.98 Å². The number of nitrogens with zero attached hydrogens (tertiary/aromatic N) is 1. The Morgan fingerprint density at radius 3 is 2.60 bits per heavy atom. The van der Waals surface area contributed by atoms with Crippen LogP contribution in [-0.2, 0) is 5.60 Å². The lowest BCUT2D eigenvalue weighted by molar-refractivity contribution is 0.000854. The molecule has 0 saturated heterocycles. The maximum absolute atomic E-state index is 11.1. The average molecular weight is 289 g/mol. The topological polar surface area (TPSA) is 33.1 Å². The fourth-order valence-electron chi connectivity index (χ4n) is 3.57. The van der Waals surface area contributed by atoms with Gasteiger partial charge in [-0.15, -0.1) is 11.3 Å². The molecule has 0 radical (unpaired) electrons. The van der Waals surface area contributed by atoms with E-state index in [9.17, 15) is 5.11 Å². The second-order valence-electron chi connectivity index (χ2n) is 6.36. The van der Waals surface area contributed by atoms with Crippen molar-refractivity contribution in [2.75, 3.05) is 0 Å². The van der Waals surface area contributed by atoms with Gasteiger partial charge in [0.15, 0.2) is 0 Å². The fourth-order valence-corrected chi connectivity index (χ4v) is 4.95. The van der Waals surface area contributed by atoms with Crippen molar-refractivity contribution in [2.45, 2.75) is 64.4 Å². The van der Waals surface area contributed by atoms with Gasteiger partial charge in [0.2, 0.25) is 0 Å². The Labute approximate surface area is 124 Å². The van der Waals surface area contributed by atoms with Gasteiger partial charge in [-0.05, 0) is 37.3 Å². The Morgan fingerprint density at radius 2 is 1.95 bits per heavy atom. The SMILES string of the molecule is Cc1sc2c(C3(O)CCCCC3)ccnc2c1C(C)C. The molecule has 3 heteroatoms. The maximum atomic E-state index is 11.1. The van der Waals surface area contributed by atoms with Crippen molar-refractivity contribution in [3.05, 3.63) is 28.3 Å². The highest BCUT2D eigenvalue weighted by molar-refractivity contribution is 7.19. The molecule has 2 nitrogen and oxygen atoms in total. The molecule has 3 rings (SSSR count). The van der Waals surface area contributed by atoms with Crippen molar-refractivity contribution in [3.63, 3.8) is 0 Å². The van der Waals surface area contributed by atoms with E-state index in [1.807, 2.05) is 12.3 Å². The molecule has 1 aliphatic rings. The van der Waals surface area contributed by atoms with E-state index in [1.165, 1.54) is 21.6 Å². The Morgan fingerprint density at radius 1 is 1.25 bits per heavy atom. The molecule has 1 aliphatic carbocycles. The van der Waals surface area contributed by atoms with Gasteiger partial charge in [-0.25, -0.2) is 0 Å². The summed E-state index contributed by atoms with van der Waals surface area (Å²) in [6, 6.07) is 2.04. The number of aromatic nitrogens is 1. The van der Waals surface area contributed by atoms with Gasteiger partial charge in [-0.1, -0.05) is 33.1 Å². The third-order valence-electron chi connectivity index (χ3n) is 4.55. The summed E-state index contributed by atoms with van der Waals surface area (Å²) in [6.45, 7) is 6.62. The zero-order chi connectivity index (χ0) is 14.3. The molecule has 1 N–H and O–H groups in total. The molecule has 0 bridgehead atoms. The third-order valence-corrected chi connectivity index (χ3v) is 5.70. The first-order chi connectivity index (χ1) is 9.53. The monoisotopic (exact) mass is 289 g/mol. The van der Waals surface area contributed by atoms with E-state index in [2.05, 4.69) is 25.8 Å². The van der Waals surface area contributed by atoms with E-state index in [-0.39, 0.29) is 0 Å². The van der Waals surface area contributed by atoms with E-state index >= 15 is 0 Å². The van der Waals surface area contributed by atoms with E-state index in [0.717, 1.165) is 36.8 Å². The van der Waals surface area contributed by atoms with Gasteiger partial charge >= 0.3 is 0 Å². The van der Waals surface area contributed by atoms with E-state index in [4.69, 9.17) is 0 Å². The zero-order valence-corrected chi connectivity index (χ0v) is 13.4. The number of thiophene rings is 1. The second kappa shape index (κ2) is 5.12. The summed E-state index contributed by atoms with van der Waals surface area (Å²) < 4.78 is 1.21. The first-order valence-corrected chi connectivity index (χ1v) is 8.45. The highest BCUT2D eigenvalue weighted by Crippen LogP contribution is 2.44. The second-order valence-corrected chi connectivity index (χ2v) is 7.58. The number of pyridine rings is 1. The number of aryl methyl sites for hydroxylation is 1. The number of rotatable bonds is 2. The van der Waals surface area contributed by atoms with Crippen LogP contribution in [0.3, 0.4) is 0 Å². The van der Waals surface area contributed by atoms with Crippen LogP contribution >= 0.6 is 11.3 Å². The molecule has 20 heavy (non-hydrogen) atoms. The first kappa shape index (κ1) is 14.0. The van der Waals surface area contributed by atoms with Crippen LogP contribution in [0.5, 0.6) is 0 Å². The van der Waals surface area contributed by atoms with Crippen LogP contribution in [0.25, 0.3) is 10.2 Å². The molecule has 0 aliphatic heterocycles. The highest BCUT2D eigenvalue weighted by Gasteiger charge is 2.33. The smallest absolute Gasteiger partial charge is 0.0911 e. The van der Waals surface area contributed by atoms with E-state index < -0.39 is 5.60 Å². The molecule has 0 spiro atoms. The molecular weight excluding hydrogens is 266 g/mol. The van der Waals surface area contributed by atoms with E-state index in [0.29, 0.717) is 5.92 Å². The standard InChI is InChI=1S/C17H23NOS/c1-11(2)14-12(3)20-16-13(7-10-18-15(14)16)17(19)8-5-4-6-9-17/h7,10-11,19H,4-6,8-9H2,1-3H3. The van der Waals surface area contributed by atoms with Crippen LogP contribution in [0.4, 0.5) is 0 Å². The van der Waals surface area contributed by atoms with Gasteiger partial charge < -0.3 is 5.11 Å². The summed E-state index contributed by atoms with van der Waals surface area (Å²) in [7, 11) is 0. The van der Waals surface area contributed by atoms with E-state index in [1.54, 1.807) is 11.3 Å². The Bertz CT molecular complexity index is 623. The lowest BCUT2D eigenvalue weighted by Crippen LogP contribution is -2.28. The van der Waals surface area contributed by atoms with Gasteiger partial charge in [-0.2, -0.15) is 0 Å². The van der Waals surface area contributed by atoms with Gasteiger partial charge in [0, 0.05) is 16.6 Å². The summed E-state index contributed by atoms with van der Waals surface area (Å²) in [5, 5.41) is 11.1. The molecule has 1 saturated carbocycles. The number of fused-ring (bicyclic) bond motifs is 1. The predicted molar refractivity (Wildman–Crippen MR) is 85.4 cm³/mol. The summed E-state index contributed by atoms with van der Waals surface area (Å²) >= 11 is 1.80. The molecule has 0 atom stereocenters. The summed E-state index contributed by atoms with van der Waals surface area (Å²) in [6.07, 6.45) is 7.16. The Balaban J connectivity index is 2.20. The number of aliphatic hydroxyl groups is 1. The molecule has 2 aromatic heterocycles. The van der Waals surface area contributed by atoms with Crippen molar-refractivity contribution in [2.24, 2.45) is 0 Å². The molecular formula is C17H23NOS. The summed E-state index contributed by atoms with van der Waals surface area (Å²) in [5.74, 6) is 0.479. The highest BCUT2D eigenvalue weighted by atomic mass is 32.1.